The fourth-order valence-electron chi connectivity index (χ4n) is 3.31. The summed E-state index contributed by atoms with van der Waals surface area (Å²) >= 11 is 0. The molecular weight excluding hydrogens is 296 g/mol. The molecule has 1 aromatic rings. The Hall–Kier alpha value is -0.910. The van der Waals surface area contributed by atoms with Gasteiger partial charge in [-0.05, 0) is 63.9 Å². The summed E-state index contributed by atoms with van der Waals surface area (Å²) in [6.45, 7) is 4.71. The minimum Gasteiger partial charge on any atom is -0.309 e. The molecule has 1 fully saturated rings. The van der Waals surface area contributed by atoms with Gasteiger partial charge in [-0.1, -0.05) is 25.0 Å². The number of rotatable bonds is 5. The van der Waals surface area contributed by atoms with Crippen molar-refractivity contribution in [3.05, 3.63) is 29.3 Å². The van der Waals surface area contributed by atoms with Crippen molar-refractivity contribution >= 4 is 10.0 Å². The average molecular weight is 324 g/mol. The Morgan fingerprint density at radius 1 is 1.18 bits per heavy atom. The highest BCUT2D eigenvalue weighted by atomic mass is 32.2. The second kappa shape index (κ2) is 7.11. The lowest BCUT2D eigenvalue weighted by molar-refractivity contribution is 0.224. The third-order valence-corrected chi connectivity index (χ3v) is 6.08. The molecule has 4 nitrogen and oxygen atoms in total. The lowest BCUT2D eigenvalue weighted by Crippen LogP contribution is -2.45. The van der Waals surface area contributed by atoms with E-state index in [9.17, 15) is 8.42 Å². The highest BCUT2D eigenvalue weighted by molar-refractivity contribution is 7.89. The maximum Gasteiger partial charge on any atom is 0.241 e. The zero-order chi connectivity index (χ0) is 16.3. The van der Waals surface area contributed by atoms with Crippen molar-refractivity contribution in [2.45, 2.75) is 50.5 Å². The molecule has 22 heavy (non-hydrogen) atoms. The van der Waals surface area contributed by atoms with Crippen LogP contribution in [-0.2, 0) is 10.0 Å². The smallest absolute Gasteiger partial charge is 0.241 e. The molecular formula is C17H28N2O2S. The molecule has 0 bridgehead atoms. The first-order chi connectivity index (χ1) is 10.3. The van der Waals surface area contributed by atoms with Crippen LogP contribution in [-0.4, -0.2) is 40.0 Å². The zero-order valence-electron chi connectivity index (χ0n) is 14.1. The van der Waals surface area contributed by atoms with E-state index in [4.69, 9.17) is 0 Å². The monoisotopic (exact) mass is 324 g/mol. The third kappa shape index (κ3) is 4.31. The topological polar surface area (TPSA) is 49.4 Å². The standard InChI is InChI=1S/C17H28N2O2S/c1-13-9-10-14(2)17(11-13)22(20,21)18-16-8-6-5-7-15(16)12-19(3)4/h9-11,15-16,18H,5-8,12H2,1-4H3. The molecule has 0 spiro atoms. The van der Waals surface area contributed by atoms with E-state index in [-0.39, 0.29) is 6.04 Å². The van der Waals surface area contributed by atoms with Gasteiger partial charge in [-0.25, -0.2) is 13.1 Å². The average Bonchev–Trinajstić information content (AvgIpc) is 2.43. The molecule has 0 aromatic heterocycles. The van der Waals surface area contributed by atoms with E-state index in [1.807, 2.05) is 40.1 Å². The van der Waals surface area contributed by atoms with Gasteiger partial charge >= 0.3 is 0 Å². The van der Waals surface area contributed by atoms with E-state index in [1.54, 1.807) is 6.07 Å². The minimum absolute atomic E-state index is 0.0427. The van der Waals surface area contributed by atoms with Crippen LogP contribution in [0.5, 0.6) is 0 Å². The normalized spacial score (nSPS) is 23.0. The van der Waals surface area contributed by atoms with Crippen molar-refractivity contribution in [2.75, 3.05) is 20.6 Å². The van der Waals surface area contributed by atoms with Gasteiger partial charge in [0.1, 0.15) is 0 Å². The van der Waals surface area contributed by atoms with Crippen LogP contribution in [0.4, 0.5) is 0 Å². The first kappa shape index (κ1) is 17.4. The summed E-state index contributed by atoms with van der Waals surface area (Å²) in [5.41, 5.74) is 1.78. The van der Waals surface area contributed by atoms with Crippen molar-refractivity contribution in [1.29, 1.82) is 0 Å². The molecule has 1 N–H and O–H groups in total. The maximum absolute atomic E-state index is 12.8. The lowest BCUT2D eigenvalue weighted by atomic mass is 9.85. The van der Waals surface area contributed by atoms with Crippen molar-refractivity contribution in [1.82, 2.24) is 9.62 Å². The van der Waals surface area contributed by atoms with Crippen LogP contribution in [0.2, 0.25) is 0 Å². The van der Waals surface area contributed by atoms with Gasteiger partial charge < -0.3 is 4.90 Å². The van der Waals surface area contributed by atoms with Gasteiger partial charge in [-0.2, -0.15) is 0 Å². The largest absolute Gasteiger partial charge is 0.309 e. The van der Waals surface area contributed by atoms with Gasteiger partial charge in [0, 0.05) is 12.6 Å². The molecule has 1 aliphatic carbocycles. The van der Waals surface area contributed by atoms with Crippen LogP contribution in [0.15, 0.2) is 23.1 Å². The Morgan fingerprint density at radius 3 is 2.55 bits per heavy atom. The van der Waals surface area contributed by atoms with Gasteiger partial charge in [0.05, 0.1) is 4.90 Å². The van der Waals surface area contributed by atoms with Crippen LogP contribution in [0.3, 0.4) is 0 Å². The molecule has 0 aliphatic heterocycles. The number of nitrogens with zero attached hydrogens (tertiary/aromatic N) is 1. The summed E-state index contributed by atoms with van der Waals surface area (Å²) in [4.78, 5) is 2.57. The fraction of sp³-hybridized carbons (Fsp3) is 0.647. The van der Waals surface area contributed by atoms with Gasteiger partial charge in [-0.3, -0.25) is 0 Å². The molecule has 5 heteroatoms. The van der Waals surface area contributed by atoms with Gasteiger partial charge in [0.15, 0.2) is 0 Å². The molecule has 2 unspecified atom stereocenters. The number of benzene rings is 1. The van der Waals surface area contributed by atoms with E-state index >= 15 is 0 Å². The Labute approximate surface area is 135 Å². The number of sulfonamides is 1. The molecule has 2 rings (SSSR count). The first-order valence-corrected chi connectivity index (χ1v) is 9.52. The Balaban J connectivity index is 2.21. The molecule has 1 aliphatic rings. The molecule has 1 aromatic carbocycles. The molecule has 0 amide bonds. The summed E-state index contributed by atoms with van der Waals surface area (Å²) in [6.07, 6.45) is 4.32. The second-order valence-corrected chi connectivity index (χ2v) is 8.49. The van der Waals surface area contributed by atoms with Crippen LogP contribution in [0.25, 0.3) is 0 Å². The predicted octanol–water partition coefficient (Wildman–Crippen LogP) is 2.70. The Bertz CT molecular complexity index is 611. The van der Waals surface area contributed by atoms with Crippen LogP contribution >= 0.6 is 0 Å². The fourth-order valence-corrected chi connectivity index (χ4v) is 4.98. The number of hydrogen-bond acceptors (Lipinski definition) is 3. The summed E-state index contributed by atoms with van der Waals surface area (Å²) < 4.78 is 28.5. The summed E-state index contributed by atoms with van der Waals surface area (Å²) in [7, 11) is 0.643. The number of aryl methyl sites for hydroxylation is 2. The SMILES string of the molecule is Cc1ccc(C)c(S(=O)(=O)NC2CCCCC2CN(C)C)c1. The van der Waals surface area contributed by atoms with Gasteiger partial charge in [0.2, 0.25) is 10.0 Å². The molecule has 0 radical (unpaired) electrons. The van der Waals surface area contributed by atoms with Crippen LogP contribution in [0.1, 0.15) is 36.8 Å². The van der Waals surface area contributed by atoms with E-state index < -0.39 is 10.0 Å². The molecule has 0 saturated heterocycles. The van der Waals surface area contributed by atoms with E-state index in [0.29, 0.717) is 10.8 Å². The number of hydrogen-bond donors (Lipinski definition) is 1. The maximum atomic E-state index is 12.8. The Kier molecular flexibility index (Phi) is 5.64. The number of nitrogens with one attached hydrogen (secondary N) is 1. The van der Waals surface area contributed by atoms with Crippen molar-refractivity contribution in [3.63, 3.8) is 0 Å². The third-order valence-electron chi connectivity index (χ3n) is 4.45. The molecule has 124 valence electrons. The van der Waals surface area contributed by atoms with Crippen molar-refractivity contribution in [2.24, 2.45) is 5.92 Å². The molecule has 1 saturated carbocycles. The summed E-state index contributed by atoms with van der Waals surface area (Å²) in [5, 5.41) is 0. The molecule has 0 heterocycles. The van der Waals surface area contributed by atoms with Crippen LogP contribution < -0.4 is 4.72 Å². The van der Waals surface area contributed by atoms with Crippen LogP contribution in [0, 0.1) is 19.8 Å². The lowest BCUT2D eigenvalue weighted by Gasteiger charge is -2.33. The quantitative estimate of drug-likeness (QED) is 0.906. The highest BCUT2D eigenvalue weighted by Crippen LogP contribution is 2.27. The molecule has 2 atom stereocenters. The highest BCUT2D eigenvalue weighted by Gasteiger charge is 2.30. The van der Waals surface area contributed by atoms with Gasteiger partial charge in [0.25, 0.3) is 0 Å². The minimum atomic E-state index is -3.45. The predicted molar refractivity (Wildman–Crippen MR) is 90.5 cm³/mol. The first-order valence-electron chi connectivity index (χ1n) is 8.04. The van der Waals surface area contributed by atoms with E-state index in [2.05, 4.69) is 9.62 Å². The van der Waals surface area contributed by atoms with Crippen molar-refractivity contribution < 1.29 is 8.42 Å². The second-order valence-electron chi connectivity index (χ2n) is 6.80. The van der Waals surface area contributed by atoms with Crippen molar-refractivity contribution in [3.8, 4) is 0 Å². The Morgan fingerprint density at radius 2 is 1.86 bits per heavy atom. The summed E-state index contributed by atoms with van der Waals surface area (Å²) in [5.74, 6) is 0.392. The van der Waals surface area contributed by atoms with E-state index in [0.717, 1.165) is 36.9 Å². The van der Waals surface area contributed by atoms with E-state index in [1.165, 1.54) is 6.42 Å². The van der Waals surface area contributed by atoms with Gasteiger partial charge in [-0.15, -0.1) is 0 Å². The summed E-state index contributed by atoms with van der Waals surface area (Å²) in [6, 6.07) is 5.63. The zero-order valence-corrected chi connectivity index (χ0v) is 14.9.